The van der Waals surface area contributed by atoms with Crippen LogP contribution in [0.15, 0.2) is 89.8 Å². The number of nitrogens with one attached hydrogen (secondary N) is 1. The van der Waals surface area contributed by atoms with Crippen LogP contribution in [0.2, 0.25) is 0 Å². The summed E-state index contributed by atoms with van der Waals surface area (Å²) in [5, 5.41) is 2.98. The van der Waals surface area contributed by atoms with E-state index < -0.39 is 28.5 Å². The minimum Gasteiger partial charge on any atom is -0.495 e. The summed E-state index contributed by atoms with van der Waals surface area (Å²) >= 11 is 0. The van der Waals surface area contributed by atoms with Gasteiger partial charge in [-0.15, -0.1) is 0 Å². The Morgan fingerprint density at radius 3 is 2.05 bits per heavy atom. The van der Waals surface area contributed by atoms with Crippen LogP contribution in [-0.2, 0) is 26.2 Å². The Kier molecular flexibility index (Phi) is 10.5. The van der Waals surface area contributed by atoms with E-state index in [0.717, 1.165) is 16.3 Å². The summed E-state index contributed by atoms with van der Waals surface area (Å²) < 4.78 is 34.3. The summed E-state index contributed by atoms with van der Waals surface area (Å²) in [6.45, 7) is 5.35. The number of benzene rings is 3. The molecule has 0 unspecified atom stereocenters. The number of methoxy groups -OCH3 is 1. The fourth-order valence-corrected chi connectivity index (χ4v) is 5.66. The summed E-state index contributed by atoms with van der Waals surface area (Å²) in [6.07, 6.45) is 1.10. The molecule has 9 heteroatoms. The first-order valence-electron chi connectivity index (χ1n) is 13.1. The molecule has 3 aromatic rings. The van der Waals surface area contributed by atoms with Crippen LogP contribution in [0.3, 0.4) is 0 Å². The number of hydrogen-bond donors (Lipinski definition) is 1. The second kappa shape index (κ2) is 13.8. The van der Waals surface area contributed by atoms with E-state index in [-0.39, 0.29) is 29.1 Å². The van der Waals surface area contributed by atoms with E-state index >= 15 is 0 Å². The van der Waals surface area contributed by atoms with Crippen molar-refractivity contribution in [3.05, 3.63) is 90.5 Å². The van der Waals surface area contributed by atoms with Gasteiger partial charge >= 0.3 is 0 Å². The molecular formula is C30H37N3O5S. The van der Waals surface area contributed by atoms with Crippen LogP contribution in [0.5, 0.6) is 5.75 Å². The number of ether oxygens (including phenoxy) is 1. The molecule has 0 bridgehead atoms. The first-order chi connectivity index (χ1) is 18.7. The number of carbonyl (C=O) groups is 2. The minimum atomic E-state index is -4.16. The molecule has 0 aliphatic carbocycles. The maximum atomic E-state index is 14.1. The van der Waals surface area contributed by atoms with E-state index in [1.807, 2.05) is 51.1 Å². The van der Waals surface area contributed by atoms with Gasteiger partial charge in [0.2, 0.25) is 11.8 Å². The van der Waals surface area contributed by atoms with Gasteiger partial charge in [0.1, 0.15) is 18.3 Å². The fourth-order valence-electron chi connectivity index (χ4n) is 4.21. The molecule has 3 aromatic carbocycles. The average Bonchev–Trinajstić information content (AvgIpc) is 2.96. The standard InChI is InChI=1S/C30H37N3O5S/c1-5-23(3)31-30(35)26(6-2)32(21-24-15-9-7-10-16-24)29(34)22-33(27-19-13-14-20-28(27)38-4)39(36,37)25-17-11-8-12-18-25/h7-20,23,26H,5-6,21-22H2,1-4H3,(H,31,35)/t23-,26+/m0/s1. The van der Waals surface area contributed by atoms with E-state index in [0.29, 0.717) is 12.2 Å². The SMILES string of the molecule is CC[C@H](C(=O)N[C@@H](C)CC)N(Cc1ccccc1)C(=O)CN(c1ccccc1OC)S(=O)(=O)c1ccccc1. The van der Waals surface area contributed by atoms with Crippen molar-refractivity contribution in [3.63, 3.8) is 0 Å². The van der Waals surface area contributed by atoms with E-state index in [2.05, 4.69) is 5.32 Å². The molecule has 3 rings (SSSR count). The van der Waals surface area contributed by atoms with E-state index in [1.54, 1.807) is 42.5 Å². The van der Waals surface area contributed by atoms with Crippen molar-refractivity contribution in [1.29, 1.82) is 0 Å². The number of sulfonamides is 1. The molecule has 0 spiro atoms. The number of carbonyl (C=O) groups excluding carboxylic acids is 2. The number of anilines is 1. The monoisotopic (exact) mass is 551 g/mol. The Balaban J connectivity index is 2.07. The molecule has 2 amide bonds. The normalized spacial score (nSPS) is 12.7. The molecule has 0 aliphatic heterocycles. The molecule has 0 saturated carbocycles. The van der Waals surface area contributed by atoms with Crippen LogP contribution in [0.25, 0.3) is 0 Å². The van der Waals surface area contributed by atoms with Crippen molar-refractivity contribution < 1.29 is 22.7 Å². The second-order valence-electron chi connectivity index (χ2n) is 9.25. The first-order valence-corrected chi connectivity index (χ1v) is 14.5. The number of para-hydroxylation sites is 2. The lowest BCUT2D eigenvalue weighted by molar-refractivity contribution is -0.140. The fraction of sp³-hybridized carbons (Fsp3) is 0.333. The zero-order valence-electron chi connectivity index (χ0n) is 22.9. The summed E-state index contributed by atoms with van der Waals surface area (Å²) in [7, 11) is -2.71. The summed E-state index contributed by atoms with van der Waals surface area (Å²) in [4.78, 5) is 28.9. The van der Waals surface area contributed by atoms with E-state index in [1.165, 1.54) is 24.1 Å². The van der Waals surface area contributed by atoms with Gasteiger partial charge in [0.15, 0.2) is 0 Å². The number of amides is 2. The lowest BCUT2D eigenvalue weighted by Gasteiger charge is -2.34. The lowest BCUT2D eigenvalue weighted by Crippen LogP contribution is -2.53. The van der Waals surface area contributed by atoms with Gasteiger partial charge in [0, 0.05) is 12.6 Å². The van der Waals surface area contributed by atoms with Crippen LogP contribution in [0.1, 0.15) is 39.2 Å². The van der Waals surface area contributed by atoms with E-state index in [9.17, 15) is 18.0 Å². The maximum Gasteiger partial charge on any atom is 0.264 e. The number of rotatable bonds is 13. The largest absolute Gasteiger partial charge is 0.495 e. The molecule has 0 aliphatic rings. The van der Waals surface area contributed by atoms with Crippen molar-refractivity contribution in [2.45, 2.75) is 57.1 Å². The van der Waals surface area contributed by atoms with Crippen molar-refractivity contribution >= 4 is 27.5 Å². The van der Waals surface area contributed by atoms with Gasteiger partial charge < -0.3 is 15.0 Å². The summed E-state index contributed by atoms with van der Waals surface area (Å²) in [5.74, 6) is -0.470. The maximum absolute atomic E-state index is 14.1. The molecule has 0 saturated heterocycles. The van der Waals surface area contributed by atoms with Crippen molar-refractivity contribution in [1.82, 2.24) is 10.2 Å². The van der Waals surface area contributed by atoms with Crippen LogP contribution in [-0.4, -0.2) is 50.9 Å². The van der Waals surface area contributed by atoms with Gasteiger partial charge in [-0.1, -0.05) is 74.5 Å². The topological polar surface area (TPSA) is 96.0 Å². The predicted molar refractivity (Wildman–Crippen MR) is 153 cm³/mol. The third-order valence-electron chi connectivity index (χ3n) is 6.55. The molecular weight excluding hydrogens is 514 g/mol. The molecule has 39 heavy (non-hydrogen) atoms. The second-order valence-corrected chi connectivity index (χ2v) is 11.1. The van der Waals surface area contributed by atoms with Gasteiger partial charge in [-0.25, -0.2) is 8.42 Å². The quantitative estimate of drug-likeness (QED) is 0.335. The highest BCUT2D eigenvalue weighted by Gasteiger charge is 2.34. The zero-order chi connectivity index (χ0) is 28.4. The van der Waals surface area contributed by atoms with Crippen molar-refractivity contribution in [2.75, 3.05) is 18.0 Å². The molecule has 8 nitrogen and oxygen atoms in total. The highest BCUT2D eigenvalue weighted by atomic mass is 32.2. The molecule has 0 aromatic heterocycles. The van der Waals surface area contributed by atoms with Gasteiger partial charge in [0.05, 0.1) is 17.7 Å². The molecule has 0 fully saturated rings. The molecule has 208 valence electrons. The van der Waals surface area contributed by atoms with Gasteiger partial charge in [-0.05, 0) is 49.6 Å². The zero-order valence-corrected chi connectivity index (χ0v) is 23.7. The highest BCUT2D eigenvalue weighted by molar-refractivity contribution is 7.92. The van der Waals surface area contributed by atoms with Crippen LogP contribution in [0, 0.1) is 0 Å². The van der Waals surface area contributed by atoms with Crippen LogP contribution >= 0.6 is 0 Å². The minimum absolute atomic E-state index is 0.0415. The molecule has 0 radical (unpaired) electrons. The first kappa shape index (κ1) is 29.7. The molecule has 2 atom stereocenters. The van der Waals surface area contributed by atoms with E-state index in [4.69, 9.17) is 4.74 Å². The Labute approximate surface area is 231 Å². The number of hydrogen-bond acceptors (Lipinski definition) is 5. The Morgan fingerprint density at radius 2 is 1.46 bits per heavy atom. The van der Waals surface area contributed by atoms with Crippen molar-refractivity contribution in [2.24, 2.45) is 0 Å². The Morgan fingerprint density at radius 1 is 0.872 bits per heavy atom. The van der Waals surface area contributed by atoms with Crippen molar-refractivity contribution in [3.8, 4) is 5.75 Å². The predicted octanol–water partition coefficient (Wildman–Crippen LogP) is 4.61. The lowest BCUT2D eigenvalue weighted by atomic mass is 10.1. The highest BCUT2D eigenvalue weighted by Crippen LogP contribution is 2.32. The third kappa shape index (κ3) is 7.38. The number of nitrogens with zero attached hydrogens (tertiary/aromatic N) is 2. The Bertz CT molecular complexity index is 1330. The average molecular weight is 552 g/mol. The molecule has 0 heterocycles. The van der Waals surface area contributed by atoms with Gasteiger partial charge in [-0.2, -0.15) is 0 Å². The Hall–Kier alpha value is -3.85. The smallest absolute Gasteiger partial charge is 0.264 e. The molecule has 1 N–H and O–H groups in total. The van der Waals surface area contributed by atoms with Crippen LogP contribution in [0.4, 0.5) is 5.69 Å². The van der Waals surface area contributed by atoms with Gasteiger partial charge in [0.25, 0.3) is 10.0 Å². The summed E-state index contributed by atoms with van der Waals surface area (Å²) in [5.41, 5.74) is 1.06. The van der Waals surface area contributed by atoms with Crippen LogP contribution < -0.4 is 14.4 Å². The third-order valence-corrected chi connectivity index (χ3v) is 8.32. The summed E-state index contributed by atoms with van der Waals surface area (Å²) in [6, 6.07) is 23.1. The van der Waals surface area contributed by atoms with Gasteiger partial charge in [-0.3, -0.25) is 13.9 Å².